The lowest BCUT2D eigenvalue weighted by atomic mass is 10.3. The summed E-state index contributed by atoms with van der Waals surface area (Å²) in [6, 6.07) is 3.81. The number of nitrogens with one attached hydrogen (secondary N) is 1. The van der Waals surface area contributed by atoms with Gasteiger partial charge in [-0.15, -0.1) is 0 Å². The molecule has 0 fully saturated rings. The first-order valence-electron chi connectivity index (χ1n) is 6.17. The van der Waals surface area contributed by atoms with Gasteiger partial charge in [0.1, 0.15) is 0 Å². The van der Waals surface area contributed by atoms with Gasteiger partial charge in [0.25, 0.3) is 0 Å². The number of ether oxygens (including phenoxy) is 2. The maximum Gasteiger partial charge on any atom is 0.168 e. The summed E-state index contributed by atoms with van der Waals surface area (Å²) < 4.78 is 10.9. The second kappa shape index (κ2) is 7.90. The van der Waals surface area contributed by atoms with Crippen LogP contribution in [-0.2, 0) is 4.74 Å². The Balaban J connectivity index is 2.40. The lowest BCUT2D eigenvalue weighted by Gasteiger charge is -2.14. The van der Waals surface area contributed by atoms with E-state index in [0.717, 1.165) is 37.7 Å². The molecule has 17 heavy (non-hydrogen) atoms. The van der Waals surface area contributed by atoms with Crippen molar-refractivity contribution in [3.8, 4) is 5.75 Å². The van der Waals surface area contributed by atoms with Crippen molar-refractivity contribution < 1.29 is 9.47 Å². The second-order valence-corrected chi connectivity index (χ2v) is 3.99. The van der Waals surface area contributed by atoms with Gasteiger partial charge in [-0.3, -0.25) is 0 Å². The van der Waals surface area contributed by atoms with Gasteiger partial charge >= 0.3 is 0 Å². The van der Waals surface area contributed by atoms with Crippen LogP contribution < -0.4 is 10.1 Å². The van der Waals surface area contributed by atoms with Crippen LogP contribution >= 0.6 is 0 Å². The molecule has 0 bridgehead atoms. The molecule has 96 valence electrons. The fourth-order valence-corrected chi connectivity index (χ4v) is 1.40. The normalized spacial score (nSPS) is 10.6. The van der Waals surface area contributed by atoms with Gasteiger partial charge in [0.15, 0.2) is 11.6 Å². The minimum atomic E-state index is 0.156. The van der Waals surface area contributed by atoms with Crippen LogP contribution in [0, 0.1) is 0 Å². The van der Waals surface area contributed by atoms with Crippen molar-refractivity contribution in [3.05, 3.63) is 18.3 Å². The van der Waals surface area contributed by atoms with Gasteiger partial charge in [-0.25, -0.2) is 4.98 Å². The number of nitrogens with zero attached hydrogens (tertiary/aromatic N) is 1. The van der Waals surface area contributed by atoms with E-state index in [4.69, 9.17) is 9.47 Å². The van der Waals surface area contributed by atoms with E-state index in [0.29, 0.717) is 0 Å². The summed E-state index contributed by atoms with van der Waals surface area (Å²) >= 11 is 0. The van der Waals surface area contributed by atoms with Gasteiger partial charge in [0.2, 0.25) is 0 Å². The second-order valence-electron chi connectivity index (χ2n) is 3.99. The quantitative estimate of drug-likeness (QED) is 0.707. The molecule has 0 aliphatic rings. The van der Waals surface area contributed by atoms with Gasteiger partial charge < -0.3 is 14.8 Å². The molecule has 1 aromatic heterocycles. The summed E-state index contributed by atoms with van der Waals surface area (Å²) in [5.74, 6) is 1.61. The van der Waals surface area contributed by atoms with Gasteiger partial charge in [-0.2, -0.15) is 0 Å². The Labute approximate surface area is 103 Å². The molecule has 1 rings (SSSR count). The minimum Gasteiger partial charge on any atom is -0.487 e. The zero-order valence-corrected chi connectivity index (χ0v) is 10.9. The monoisotopic (exact) mass is 238 g/mol. The highest BCUT2D eigenvalue weighted by molar-refractivity contribution is 5.49. The Morgan fingerprint density at radius 2 is 2.24 bits per heavy atom. The Hall–Kier alpha value is -1.29. The van der Waals surface area contributed by atoms with Gasteiger partial charge in [-0.1, -0.05) is 0 Å². The highest BCUT2D eigenvalue weighted by Crippen LogP contribution is 2.21. The molecule has 1 aromatic rings. The fraction of sp³-hybridized carbons (Fsp3) is 0.615. The van der Waals surface area contributed by atoms with Crippen molar-refractivity contribution in [2.45, 2.75) is 33.3 Å². The minimum absolute atomic E-state index is 0.156. The Morgan fingerprint density at radius 1 is 1.41 bits per heavy atom. The Morgan fingerprint density at radius 3 is 2.94 bits per heavy atom. The zero-order valence-electron chi connectivity index (χ0n) is 10.9. The van der Waals surface area contributed by atoms with Gasteiger partial charge in [-0.05, 0) is 39.3 Å². The molecule has 0 aliphatic heterocycles. The third-order valence-corrected chi connectivity index (χ3v) is 2.10. The highest BCUT2D eigenvalue weighted by Gasteiger charge is 2.05. The molecule has 4 nitrogen and oxygen atoms in total. The molecular formula is C13H22N2O2. The van der Waals surface area contributed by atoms with Crippen molar-refractivity contribution in [2.24, 2.45) is 0 Å². The van der Waals surface area contributed by atoms with Crippen LogP contribution in [0.15, 0.2) is 18.3 Å². The first-order valence-corrected chi connectivity index (χ1v) is 6.17. The molecule has 0 saturated heterocycles. The highest BCUT2D eigenvalue weighted by atomic mass is 16.5. The van der Waals surface area contributed by atoms with E-state index in [9.17, 15) is 0 Å². The third kappa shape index (κ3) is 5.54. The van der Waals surface area contributed by atoms with Crippen LogP contribution in [0.25, 0.3) is 0 Å². The first kappa shape index (κ1) is 13.8. The number of hydrogen-bond donors (Lipinski definition) is 1. The predicted molar refractivity (Wildman–Crippen MR) is 69.6 cm³/mol. The molecule has 1 N–H and O–H groups in total. The van der Waals surface area contributed by atoms with Crippen molar-refractivity contribution in [3.63, 3.8) is 0 Å². The topological polar surface area (TPSA) is 43.4 Å². The molecule has 0 saturated carbocycles. The lowest BCUT2D eigenvalue weighted by Crippen LogP contribution is -2.11. The fourth-order valence-electron chi connectivity index (χ4n) is 1.40. The van der Waals surface area contributed by atoms with Crippen LogP contribution in [0.2, 0.25) is 0 Å². The average molecular weight is 238 g/mol. The van der Waals surface area contributed by atoms with Crippen molar-refractivity contribution in [1.29, 1.82) is 0 Å². The smallest absolute Gasteiger partial charge is 0.168 e. The standard InChI is InChI=1S/C13H22N2O2/c1-4-16-10-6-9-15-13-12(17-11(2)3)7-5-8-14-13/h5,7-8,11H,4,6,9-10H2,1-3H3,(H,14,15). The molecule has 0 amide bonds. The molecule has 0 aromatic carbocycles. The molecule has 0 aliphatic carbocycles. The molecule has 0 spiro atoms. The largest absolute Gasteiger partial charge is 0.487 e. The van der Waals surface area contributed by atoms with Crippen LogP contribution in [-0.4, -0.2) is 30.8 Å². The van der Waals surface area contributed by atoms with Crippen LogP contribution in [0.5, 0.6) is 5.75 Å². The Kier molecular flexibility index (Phi) is 6.40. The zero-order chi connectivity index (χ0) is 12.5. The molecule has 4 heteroatoms. The molecule has 1 heterocycles. The van der Waals surface area contributed by atoms with E-state index < -0.39 is 0 Å². The van der Waals surface area contributed by atoms with E-state index >= 15 is 0 Å². The summed E-state index contributed by atoms with van der Waals surface area (Å²) in [5, 5.41) is 3.26. The summed E-state index contributed by atoms with van der Waals surface area (Å²) in [6.07, 6.45) is 2.88. The molecule has 0 atom stereocenters. The summed E-state index contributed by atoms with van der Waals surface area (Å²) in [4.78, 5) is 4.27. The van der Waals surface area contributed by atoms with E-state index in [-0.39, 0.29) is 6.10 Å². The lowest BCUT2D eigenvalue weighted by molar-refractivity contribution is 0.147. The predicted octanol–water partition coefficient (Wildman–Crippen LogP) is 2.71. The van der Waals surface area contributed by atoms with Crippen molar-refractivity contribution in [2.75, 3.05) is 25.1 Å². The van der Waals surface area contributed by atoms with Crippen LogP contribution in [0.3, 0.4) is 0 Å². The van der Waals surface area contributed by atoms with Gasteiger partial charge in [0, 0.05) is 26.0 Å². The third-order valence-electron chi connectivity index (χ3n) is 2.10. The molecule has 0 unspecified atom stereocenters. The number of anilines is 1. The number of hydrogen-bond acceptors (Lipinski definition) is 4. The molecular weight excluding hydrogens is 216 g/mol. The SMILES string of the molecule is CCOCCCNc1ncccc1OC(C)C. The number of aromatic nitrogens is 1. The Bertz CT molecular complexity index is 316. The summed E-state index contributed by atoms with van der Waals surface area (Å²) in [5.41, 5.74) is 0. The number of pyridine rings is 1. The van der Waals surface area contributed by atoms with E-state index in [1.54, 1.807) is 6.20 Å². The van der Waals surface area contributed by atoms with E-state index in [1.165, 1.54) is 0 Å². The van der Waals surface area contributed by atoms with E-state index in [1.807, 2.05) is 32.9 Å². The van der Waals surface area contributed by atoms with Crippen LogP contribution in [0.1, 0.15) is 27.2 Å². The summed E-state index contributed by atoms with van der Waals surface area (Å²) in [7, 11) is 0. The first-order chi connectivity index (χ1) is 8.24. The van der Waals surface area contributed by atoms with Crippen LogP contribution in [0.4, 0.5) is 5.82 Å². The van der Waals surface area contributed by atoms with Crippen molar-refractivity contribution in [1.82, 2.24) is 4.98 Å². The van der Waals surface area contributed by atoms with Crippen molar-refractivity contribution >= 4 is 5.82 Å². The summed E-state index contributed by atoms with van der Waals surface area (Å²) in [6.45, 7) is 8.39. The van der Waals surface area contributed by atoms with E-state index in [2.05, 4.69) is 10.3 Å². The number of rotatable bonds is 8. The maximum atomic E-state index is 5.67. The molecule has 0 radical (unpaired) electrons. The maximum absolute atomic E-state index is 5.67. The van der Waals surface area contributed by atoms with Gasteiger partial charge in [0.05, 0.1) is 6.10 Å². The average Bonchev–Trinajstić information content (AvgIpc) is 2.30.